The van der Waals surface area contributed by atoms with E-state index in [0.717, 1.165) is 44.5 Å². The number of unbranched alkanes of at least 4 members (excludes halogenated alkanes) is 1. The summed E-state index contributed by atoms with van der Waals surface area (Å²) in [5.74, 6) is -0.384. The van der Waals surface area contributed by atoms with Gasteiger partial charge < -0.3 is 14.5 Å². The minimum atomic E-state index is -0.605. The van der Waals surface area contributed by atoms with Crippen molar-refractivity contribution >= 4 is 16.9 Å². The Morgan fingerprint density at radius 1 is 1.07 bits per heavy atom. The first-order valence-corrected chi connectivity index (χ1v) is 10.4. The predicted molar refractivity (Wildman–Crippen MR) is 116 cm³/mol. The van der Waals surface area contributed by atoms with Crippen molar-refractivity contribution in [2.45, 2.75) is 18.9 Å². The first-order chi connectivity index (χ1) is 14.7. The monoisotopic (exact) mass is 406 g/mol. The number of para-hydroxylation sites is 1. The molecule has 1 fully saturated rings. The highest BCUT2D eigenvalue weighted by Crippen LogP contribution is 2.22. The van der Waals surface area contributed by atoms with Gasteiger partial charge in [-0.15, -0.1) is 0 Å². The van der Waals surface area contributed by atoms with Crippen LogP contribution in [-0.2, 0) is 4.74 Å². The molecule has 1 aromatic heterocycles. The fourth-order valence-electron chi connectivity index (χ4n) is 3.75. The second-order valence-corrected chi connectivity index (χ2v) is 7.52. The van der Waals surface area contributed by atoms with Crippen LogP contribution in [0.3, 0.4) is 0 Å². The highest BCUT2D eigenvalue weighted by atomic mass is 16.5. The normalized spacial score (nSPS) is 17.1. The first kappa shape index (κ1) is 20.3. The Kier molecular flexibility index (Phi) is 6.57. The van der Waals surface area contributed by atoms with Crippen molar-refractivity contribution in [2.75, 3.05) is 32.8 Å². The number of carbonyl (C=O) groups is 1. The van der Waals surface area contributed by atoms with E-state index in [0.29, 0.717) is 12.1 Å². The third-order valence-electron chi connectivity index (χ3n) is 5.39. The summed E-state index contributed by atoms with van der Waals surface area (Å²) < 4.78 is 11.1. The van der Waals surface area contributed by atoms with E-state index in [1.807, 2.05) is 30.3 Å². The minimum Gasteiger partial charge on any atom is -0.422 e. The number of hydrogen-bond acceptors (Lipinski definition) is 5. The zero-order chi connectivity index (χ0) is 20.8. The quantitative estimate of drug-likeness (QED) is 0.481. The minimum absolute atomic E-state index is 0.0487. The summed E-state index contributed by atoms with van der Waals surface area (Å²) in [6, 6.07) is 19.1. The Labute approximate surface area is 175 Å². The van der Waals surface area contributed by atoms with E-state index in [9.17, 15) is 9.59 Å². The Hall–Kier alpha value is -2.96. The van der Waals surface area contributed by atoms with Crippen LogP contribution in [0.4, 0.5) is 0 Å². The first-order valence-electron chi connectivity index (χ1n) is 10.4. The predicted octanol–water partition coefficient (Wildman–Crippen LogP) is 3.38. The van der Waals surface area contributed by atoms with Crippen LogP contribution in [0.15, 0.2) is 69.9 Å². The van der Waals surface area contributed by atoms with E-state index >= 15 is 0 Å². The van der Waals surface area contributed by atoms with E-state index in [4.69, 9.17) is 9.15 Å². The van der Waals surface area contributed by atoms with Crippen molar-refractivity contribution in [2.24, 2.45) is 0 Å². The lowest BCUT2D eigenvalue weighted by Gasteiger charge is -2.33. The van der Waals surface area contributed by atoms with Crippen LogP contribution >= 0.6 is 0 Å². The summed E-state index contributed by atoms with van der Waals surface area (Å²) in [6.07, 6.45) is 1.93. The molecule has 30 heavy (non-hydrogen) atoms. The van der Waals surface area contributed by atoms with E-state index in [2.05, 4.69) is 22.3 Å². The second-order valence-electron chi connectivity index (χ2n) is 7.52. The molecule has 6 nitrogen and oxygen atoms in total. The number of hydrogen-bond donors (Lipinski definition) is 1. The van der Waals surface area contributed by atoms with Crippen LogP contribution in [0.1, 0.15) is 34.9 Å². The molecule has 0 aliphatic carbocycles. The highest BCUT2D eigenvalue weighted by Gasteiger charge is 2.21. The molecule has 1 aliphatic heterocycles. The lowest BCUT2D eigenvalue weighted by molar-refractivity contribution is -0.0303. The maximum Gasteiger partial charge on any atom is 0.349 e. The van der Waals surface area contributed by atoms with Crippen molar-refractivity contribution in [3.8, 4) is 0 Å². The van der Waals surface area contributed by atoms with Crippen LogP contribution in [0, 0.1) is 0 Å². The van der Waals surface area contributed by atoms with Crippen molar-refractivity contribution in [3.05, 3.63) is 82.2 Å². The van der Waals surface area contributed by atoms with Crippen molar-refractivity contribution < 1.29 is 13.9 Å². The molecule has 0 bridgehead atoms. The summed E-state index contributed by atoms with van der Waals surface area (Å²) in [4.78, 5) is 26.9. The molecule has 1 saturated heterocycles. The Morgan fingerprint density at radius 3 is 2.73 bits per heavy atom. The van der Waals surface area contributed by atoms with Gasteiger partial charge in [0.1, 0.15) is 11.1 Å². The fourth-order valence-corrected chi connectivity index (χ4v) is 3.75. The number of benzene rings is 2. The maximum atomic E-state index is 12.4. The number of carbonyl (C=O) groups excluding carboxylic acids is 1. The van der Waals surface area contributed by atoms with Gasteiger partial charge in [0, 0.05) is 25.0 Å². The summed E-state index contributed by atoms with van der Waals surface area (Å²) in [7, 11) is 0. The van der Waals surface area contributed by atoms with Crippen LogP contribution in [0.2, 0.25) is 0 Å². The van der Waals surface area contributed by atoms with Crippen molar-refractivity contribution in [1.29, 1.82) is 0 Å². The number of nitrogens with zero attached hydrogens (tertiary/aromatic N) is 1. The number of morpholine rings is 1. The lowest BCUT2D eigenvalue weighted by Crippen LogP contribution is -2.39. The molecular formula is C24H26N2O4. The molecule has 2 heterocycles. The number of fused-ring (bicyclic) bond motifs is 1. The molecular weight excluding hydrogens is 380 g/mol. The van der Waals surface area contributed by atoms with Gasteiger partial charge in [0.05, 0.1) is 12.7 Å². The molecule has 0 radical (unpaired) electrons. The molecule has 0 spiro atoms. The van der Waals surface area contributed by atoms with E-state index in [-0.39, 0.29) is 17.6 Å². The third kappa shape index (κ3) is 4.96. The maximum absolute atomic E-state index is 12.4. The molecule has 0 saturated carbocycles. The van der Waals surface area contributed by atoms with E-state index in [1.54, 1.807) is 18.2 Å². The van der Waals surface area contributed by atoms with Crippen LogP contribution in [0.5, 0.6) is 0 Å². The van der Waals surface area contributed by atoms with E-state index in [1.165, 1.54) is 5.56 Å². The number of rotatable bonds is 7. The topological polar surface area (TPSA) is 71.8 Å². The van der Waals surface area contributed by atoms with Crippen LogP contribution in [-0.4, -0.2) is 43.6 Å². The molecule has 4 rings (SSSR count). The van der Waals surface area contributed by atoms with E-state index < -0.39 is 5.63 Å². The zero-order valence-corrected chi connectivity index (χ0v) is 16.9. The number of nitrogens with one attached hydrogen (secondary N) is 1. The average Bonchev–Trinajstić information content (AvgIpc) is 2.79. The molecule has 6 heteroatoms. The number of ether oxygens (including phenoxy) is 1. The molecule has 1 amide bonds. The van der Waals surface area contributed by atoms with Gasteiger partial charge >= 0.3 is 5.63 Å². The standard InChI is InChI=1S/C24H26N2O4/c27-23(20-16-19-10-4-5-11-21(19)30-24(20)28)25-12-6-7-13-26-14-15-29-22(17-26)18-8-2-1-3-9-18/h1-5,8-11,16,22H,6-7,12-15,17H2,(H,25,27). The molecule has 1 aliphatic rings. The molecule has 3 aromatic rings. The van der Waals surface area contributed by atoms with Gasteiger partial charge in [0.2, 0.25) is 0 Å². The Morgan fingerprint density at radius 2 is 1.87 bits per heavy atom. The fraction of sp³-hybridized carbons (Fsp3) is 0.333. The second kappa shape index (κ2) is 9.69. The van der Waals surface area contributed by atoms with Gasteiger partial charge in [0.15, 0.2) is 0 Å². The van der Waals surface area contributed by atoms with Crippen LogP contribution in [0.25, 0.3) is 11.0 Å². The molecule has 1 unspecified atom stereocenters. The largest absolute Gasteiger partial charge is 0.422 e. The zero-order valence-electron chi connectivity index (χ0n) is 16.9. The lowest BCUT2D eigenvalue weighted by atomic mass is 10.1. The Bertz CT molecular complexity index is 1050. The molecule has 1 atom stereocenters. The van der Waals surface area contributed by atoms with Gasteiger partial charge in [0.25, 0.3) is 5.91 Å². The summed E-state index contributed by atoms with van der Waals surface area (Å²) in [5, 5.41) is 3.57. The van der Waals surface area contributed by atoms with Gasteiger partial charge in [-0.1, -0.05) is 48.5 Å². The molecule has 2 aromatic carbocycles. The van der Waals surface area contributed by atoms with Gasteiger partial charge in [-0.25, -0.2) is 4.79 Å². The van der Waals surface area contributed by atoms with Gasteiger partial charge in [-0.3, -0.25) is 9.69 Å². The highest BCUT2D eigenvalue weighted by molar-refractivity contribution is 5.96. The van der Waals surface area contributed by atoms with Crippen LogP contribution < -0.4 is 10.9 Å². The smallest absolute Gasteiger partial charge is 0.349 e. The SMILES string of the molecule is O=C(NCCCCN1CCOC(c2ccccc2)C1)c1cc2ccccc2oc1=O. The molecule has 156 valence electrons. The van der Waals surface area contributed by atoms with Gasteiger partial charge in [-0.05, 0) is 37.1 Å². The summed E-state index contributed by atoms with van der Waals surface area (Å²) in [5.41, 5.74) is 1.14. The molecule has 1 N–H and O–H groups in total. The Balaban J connectivity index is 1.22. The number of amides is 1. The van der Waals surface area contributed by atoms with Crippen molar-refractivity contribution in [3.63, 3.8) is 0 Å². The third-order valence-corrected chi connectivity index (χ3v) is 5.39. The summed E-state index contributed by atoms with van der Waals surface area (Å²) in [6.45, 7) is 4.02. The van der Waals surface area contributed by atoms with Crippen molar-refractivity contribution in [1.82, 2.24) is 10.2 Å². The summed E-state index contributed by atoms with van der Waals surface area (Å²) >= 11 is 0. The average molecular weight is 406 g/mol. The van der Waals surface area contributed by atoms with Gasteiger partial charge in [-0.2, -0.15) is 0 Å².